The van der Waals surface area contributed by atoms with Crippen molar-refractivity contribution in [3.63, 3.8) is 0 Å². The molecule has 94 valence electrons. The molecule has 5 nitrogen and oxygen atoms in total. The molecule has 18 heavy (non-hydrogen) atoms. The van der Waals surface area contributed by atoms with Crippen molar-refractivity contribution in [2.45, 2.75) is 17.0 Å². The SMILES string of the molecule is Cc1nnc(SCc2ccc(C(=O)NN)cc2)s1. The minimum atomic E-state index is -0.283. The average molecular weight is 280 g/mol. The molecule has 1 amide bonds. The zero-order valence-corrected chi connectivity index (χ0v) is 11.3. The first-order chi connectivity index (χ1) is 8.69. The standard InChI is InChI=1S/C11H12N4OS2/c1-7-14-15-11(18-7)17-6-8-2-4-9(5-3-8)10(16)13-12/h2-5H,6,12H2,1H3,(H,13,16). The van der Waals surface area contributed by atoms with Crippen molar-refractivity contribution in [3.05, 3.63) is 40.4 Å². The Kier molecular flexibility index (Phi) is 4.29. The van der Waals surface area contributed by atoms with Crippen LogP contribution in [-0.2, 0) is 5.75 Å². The zero-order chi connectivity index (χ0) is 13.0. The monoisotopic (exact) mass is 280 g/mol. The molecule has 0 saturated heterocycles. The van der Waals surface area contributed by atoms with Crippen LogP contribution < -0.4 is 11.3 Å². The summed E-state index contributed by atoms with van der Waals surface area (Å²) in [4.78, 5) is 11.2. The summed E-state index contributed by atoms with van der Waals surface area (Å²) in [7, 11) is 0. The second-order valence-electron chi connectivity index (χ2n) is 3.55. The third-order valence-electron chi connectivity index (χ3n) is 2.22. The molecule has 0 atom stereocenters. The lowest BCUT2D eigenvalue weighted by atomic mass is 10.1. The number of thioether (sulfide) groups is 1. The summed E-state index contributed by atoms with van der Waals surface area (Å²) < 4.78 is 0.955. The van der Waals surface area contributed by atoms with Gasteiger partial charge in [-0.15, -0.1) is 10.2 Å². The van der Waals surface area contributed by atoms with Gasteiger partial charge in [0, 0.05) is 11.3 Å². The number of rotatable bonds is 4. The van der Waals surface area contributed by atoms with Crippen molar-refractivity contribution in [2.75, 3.05) is 0 Å². The number of hydrazine groups is 1. The molecule has 0 aliphatic heterocycles. The summed E-state index contributed by atoms with van der Waals surface area (Å²) in [5.41, 5.74) is 3.78. The number of hydrogen-bond donors (Lipinski definition) is 2. The molecule has 1 heterocycles. The van der Waals surface area contributed by atoms with E-state index in [2.05, 4.69) is 15.6 Å². The van der Waals surface area contributed by atoms with Gasteiger partial charge < -0.3 is 0 Å². The molecule has 0 unspecified atom stereocenters. The molecule has 1 aromatic heterocycles. The lowest BCUT2D eigenvalue weighted by Crippen LogP contribution is -2.29. The van der Waals surface area contributed by atoms with E-state index >= 15 is 0 Å². The van der Waals surface area contributed by atoms with E-state index in [-0.39, 0.29) is 5.91 Å². The third kappa shape index (κ3) is 3.28. The van der Waals surface area contributed by atoms with Gasteiger partial charge in [0.1, 0.15) is 5.01 Å². The Balaban J connectivity index is 1.96. The lowest BCUT2D eigenvalue weighted by molar-refractivity contribution is 0.0953. The maximum absolute atomic E-state index is 11.2. The van der Waals surface area contributed by atoms with Crippen LogP contribution in [-0.4, -0.2) is 16.1 Å². The number of aryl methyl sites for hydroxylation is 1. The highest BCUT2D eigenvalue weighted by Crippen LogP contribution is 2.25. The zero-order valence-electron chi connectivity index (χ0n) is 9.71. The molecule has 0 radical (unpaired) electrons. The van der Waals surface area contributed by atoms with Crippen LogP contribution in [0, 0.1) is 6.92 Å². The number of nitrogens with two attached hydrogens (primary N) is 1. The molecule has 2 aromatic rings. The fraction of sp³-hybridized carbons (Fsp3) is 0.182. The third-order valence-corrected chi connectivity index (χ3v) is 4.26. The molecule has 0 spiro atoms. The molecular formula is C11H12N4OS2. The van der Waals surface area contributed by atoms with Gasteiger partial charge in [-0.2, -0.15) is 0 Å². The van der Waals surface area contributed by atoms with Crippen molar-refractivity contribution in [1.29, 1.82) is 0 Å². The number of amides is 1. The fourth-order valence-corrected chi connectivity index (χ4v) is 3.09. The van der Waals surface area contributed by atoms with Crippen molar-refractivity contribution in [2.24, 2.45) is 5.84 Å². The molecule has 0 saturated carbocycles. The topological polar surface area (TPSA) is 80.9 Å². The van der Waals surface area contributed by atoms with E-state index in [0.717, 1.165) is 20.7 Å². The lowest BCUT2D eigenvalue weighted by Gasteiger charge is -2.01. The van der Waals surface area contributed by atoms with Gasteiger partial charge in [-0.05, 0) is 24.6 Å². The minimum Gasteiger partial charge on any atom is -0.290 e. The molecule has 0 fully saturated rings. The Morgan fingerprint density at radius 2 is 2.11 bits per heavy atom. The second-order valence-corrected chi connectivity index (χ2v) is 5.95. The number of carbonyl (C=O) groups is 1. The smallest absolute Gasteiger partial charge is 0.265 e. The maximum Gasteiger partial charge on any atom is 0.265 e. The number of carbonyl (C=O) groups excluding carboxylic acids is 1. The van der Waals surface area contributed by atoms with Gasteiger partial charge in [0.25, 0.3) is 5.91 Å². The number of nitrogens with one attached hydrogen (secondary N) is 1. The highest BCUT2D eigenvalue weighted by molar-refractivity contribution is 8.00. The van der Waals surface area contributed by atoms with E-state index in [1.165, 1.54) is 0 Å². The number of nitrogens with zero attached hydrogens (tertiary/aromatic N) is 2. The van der Waals surface area contributed by atoms with Gasteiger partial charge in [-0.1, -0.05) is 35.2 Å². The second kappa shape index (κ2) is 5.94. The first-order valence-electron chi connectivity index (χ1n) is 5.22. The molecule has 2 rings (SSSR count). The van der Waals surface area contributed by atoms with Gasteiger partial charge in [0.05, 0.1) is 0 Å². The maximum atomic E-state index is 11.2. The van der Waals surface area contributed by atoms with Crippen LogP contribution in [0.4, 0.5) is 0 Å². The van der Waals surface area contributed by atoms with E-state index in [0.29, 0.717) is 5.56 Å². The summed E-state index contributed by atoms with van der Waals surface area (Å²) in [6, 6.07) is 7.32. The molecule has 0 aliphatic carbocycles. The Labute approximate surface area is 113 Å². The summed E-state index contributed by atoms with van der Waals surface area (Å²) in [6.45, 7) is 1.93. The van der Waals surface area contributed by atoms with E-state index < -0.39 is 0 Å². The number of benzene rings is 1. The average Bonchev–Trinajstić information content (AvgIpc) is 2.82. The van der Waals surface area contributed by atoms with E-state index in [9.17, 15) is 4.79 Å². The van der Waals surface area contributed by atoms with Gasteiger partial charge in [0.15, 0.2) is 4.34 Å². The Hall–Kier alpha value is -1.44. The number of hydrogen-bond acceptors (Lipinski definition) is 6. The van der Waals surface area contributed by atoms with Gasteiger partial charge in [0.2, 0.25) is 0 Å². The highest BCUT2D eigenvalue weighted by Gasteiger charge is 2.04. The van der Waals surface area contributed by atoms with E-state index in [1.54, 1.807) is 35.2 Å². The minimum absolute atomic E-state index is 0.283. The molecule has 7 heteroatoms. The van der Waals surface area contributed by atoms with Crippen LogP contribution in [0.3, 0.4) is 0 Å². The summed E-state index contributed by atoms with van der Waals surface area (Å²) in [5, 5.41) is 8.96. The van der Waals surface area contributed by atoms with Crippen LogP contribution in [0.2, 0.25) is 0 Å². The predicted molar refractivity (Wildman–Crippen MR) is 72.3 cm³/mol. The summed E-state index contributed by atoms with van der Waals surface area (Å²) in [6.07, 6.45) is 0. The first kappa shape index (κ1) is 13.0. The fourth-order valence-electron chi connectivity index (χ4n) is 1.32. The quantitative estimate of drug-likeness (QED) is 0.386. The van der Waals surface area contributed by atoms with Crippen molar-refractivity contribution in [1.82, 2.24) is 15.6 Å². The number of aromatic nitrogens is 2. The molecule has 0 aliphatic rings. The van der Waals surface area contributed by atoms with Crippen molar-refractivity contribution >= 4 is 29.0 Å². The largest absolute Gasteiger partial charge is 0.290 e. The van der Waals surface area contributed by atoms with Crippen LogP contribution in [0.5, 0.6) is 0 Å². The predicted octanol–water partition coefficient (Wildman–Crippen LogP) is 1.74. The first-order valence-corrected chi connectivity index (χ1v) is 7.02. The number of nitrogen functional groups attached to an aromatic ring is 1. The Morgan fingerprint density at radius 3 is 2.67 bits per heavy atom. The van der Waals surface area contributed by atoms with Crippen LogP contribution in [0.25, 0.3) is 0 Å². The molecular weight excluding hydrogens is 268 g/mol. The molecule has 1 aromatic carbocycles. The Bertz CT molecular complexity index is 538. The van der Waals surface area contributed by atoms with E-state index in [4.69, 9.17) is 5.84 Å². The van der Waals surface area contributed by atoms with Gasteiger partial charge >= 0.3 is 0 Å². The Morgan fingerprint density at radius 1 is 1.39 bits per heavy atom. The van der Waals surface area contributed by atoms with Gasteiger partial charge in [-0.3, -0.25) is 10.2 Å². The highest BCUT2D eigenvalue weighted by atomic mass is 32.2. The normalized spacial score (nSPS) is 10.3. The summed E-state index contributed by atoms with van der Waals surface area (Å²) in [5.74, 6) is 5.58. The van der Waals surface area contributed by atoms with E-state index in [1.807, 2.05) is 19.1 Å². The summed E-state index contributed by atoms with van der Waals surface area (Å²) >= 11 is 3.21. The van der Waals surface area contributed by atoms with Gasteiger partial charge in [-0.25, -0.2) is 5.84 Å². The van der Waals surface area contributed by atoms with Crippen LogP contribution in [0.1, 0.15) is 20.9 Å². The van der Waals surface area contributed by atoms with Crippen molar-refractivity contribution < 1.29 is 4.79 Å². The molecule has 3 N–H and O–H groups in total. The molecule has 0 bridgehead atoms. The van der Waals surface area contributed by atoms with Crippen molar-refractivity contribution in [3.8, 4) is 0 Å². The van der Waals surface area contributed by atoms with Crippen LogP contribution in [0.15, 0.2) is 28.6 Å². The van der Waals surface area contributed by atoms with Crippen LogP contribution >= 0.6 is 23.1 Å².